The van der Waals surface area contributed by atoms with Gasteiger partial charge < -0.3 is 19.8 Å². The van der Waals surface area contributed by atoms with Crippen LogP contribution in [-0.2, 0) is 17.6 Å². The van der Waals surface area contributed by atoms with Gasteiger partial charge in [-0.2, -0.15) is 0 Å². The number of ether oxygens (including phenoxy) is 1. The second-order valence-corrected chi connectivity index (χ2v) is 9.25. The minimum absolute atomic E-state index is 0.0185. The number of hydrogen-bond donors (Lipinski definition) is 2. The molecule has 0 saturated carbocycles. The molecule has 180 valence electrons. The van der Waals surface area contributed by atoms with Gasteiger partial charge in [0, 0.05) is 23.9 Å². The average molecular weight is 486 g/mol. The van der Waals surface area contributed by atoms with Gasteiger partial charge in [0.1, 0.15) is 10.6 Å². The van der Waals surface area contributed by atoms with Gasteiger partial charge >= 0.3 is 12.3 Å². The van der Waals surface area contributed by atoms with Gasteiger partial charge in [0.2, 0.25) is 5.91 Å². The maximum Gasteiger partial charge on any atom is 0.573 e. The number of carboxylic acid groups (broad SMARTS) is 1. The van der Waals surface area contributed by atoms with E-state index in [1.165, 1.54) is 29.5 Å². The Bertz CT molecular complexity index is 962. The molecule has 33 heavy (non-hydrogen) atoms. The van der Waals surface area contributed by atoms with Crippen molar-refractivity contribution in [1.82, 2.24) is 4.90 Å². The van der Waals surface area contributed by atoms with Crippen LogP contribution < -0.4 is 4.74 Å². The highest BCUT2D eigenvalue weighted by Crippen LogP contribution is 2.27. The number of amides is 1. The second kappa shape index (κ2) is 11.0. The van der Waals surface area contributed by atoms with Gasteiger partial charge in [-0.25, -0.2) is 4.79 Å². The zero-order valence-electron chi connectivity index (χ0n) is 17.9. The molecule has 1 fully saturated rings. The predicted molar refractivity (Wildman–Crippen MR) is 116 cm³/mol. The van der Waals surface area contributed by atoms with Crippen LogP contribution in [-0.4, -0.2) is 52.0 Å². The van der Waals surface area contributed by atoms with Crippen LogP contribution in [0, 0.1) is 0 Å². The van der Waals surface area contributed by atoms with E-state index < -0.39 is 18.4 Å². The van der Waals surface area contributed by atoms with Crippen molar-refractivity contribution in [3.63, 3.8) is 0 Å². The molecule has 2 aromatic rings. The number of nitrogens with zero attached hydrogens (tertiary/aromatic N) is 1. The lowest BCUT2D eigenvalue weighted by Crippen LogP contribution is -2.34. The van der Waals surface area contributed by atoms with Crippen LogP contribution in [0.2, 0.25) is 0 Å². The van der Waals surface area contributed by atoms with Crippen molar-refractivity contribution in [2.45, 2.75) is 63.5 Å². The molecule has 0 bridgehead atoms. The number of carbonyl (C=O) groups is 2. The third-order valence-corrected chi connectivity index (χ3v) is 6.72. The van der Waals surface area contributed by atoms with Crippen molar-refractivity contribution in [1.29, 1.82) is 0 Å². The van der Waals surface area contributed by atoms with E-state index in [0.717, 1.165) is 11.3 Å². The Balaban J connectivity index is 1.45. The quantitative estimate of drug-likeness (QED) is 0.484. The summed E-state index contributed by atoms with van der Waals surface area (Å²) in [7, 11) is 0. The first-order valence-electron chi connectivity index (χ1n) is 10.7. The molecular weight excluding hydrogens is 459 g/mol. The van der Waals surface area contributed by atoms with Crippen LogP contribution in [0.3, 0.4) is 0 Å². The summed E-state index contributed by atoms with van der Waals surface area (Å²) in [5.41, 5.74) is 0.542. The van der Waals surface area contributed by atoms with Crippen molar-refractivity contribution >= 4 is 23.2 Å². The van der Waals surface area contributed by atoms with Crippen LogP contribution in [0.1, 0.15) is 52.2 Å². The normalized spacial score (nSPS) is 17.4. The molecule has 1 saturated heterocycles. The van der Waals surface area contributed by atoms with Crippen molar-refractivity contribution < 1.29 is 37.7 Å². The number of carboxylic acids is 1. The van der Waals surface area contributed by atoms with Gasteiger partial charge in [0.15, 0.2) is 0 Å². The van der Waals surface area contributed by atoms with Gasteiger partial charge in [-0.05, 0) is 68.4 Å². The minimum Gasteiger partial charge on any atom is -0.477 e. The van der Waals surface area contributed by atoms with E-state index in [0.29, 0.717) is 49.1 Å². The maximum atomic E-state index is 12.4. The lowest BCUT2D eigenvalue weighted by Gasteiger charge is -2.25. The lowest BCUT2D eigenvalue weighted by atomic mass is 10.0. The number of thiophene rings is 1. The lowest BCUT2D eigenvalue weighted by molar-refractivity contribution is -0.274. The Morgan fingerprint density at radius 3 is 2.76 bits per heavy atom. The number of carbonyl (C=O) groups excluding carboxylic acids is 1. The fourth-order valence-electron chi connectivity index (χ4n) is 4.08. The van der Waals surface area contributed by atoms with Gasteiger partial charge in [-0.3, -0.25) is 4.79 Å². The topological polar surface area (TPSA) is 87.1 Å². The van der Waals surface area contributed by atoms with Crippen molar-refractivity contribution in [2.24, 2.45) is 0 Å². The Hall–Kier alpha value is -2.59. The van der Waals surface area contributed by atoms with E-state index in [4.69, 9.17) is 5.11 Å². The fraction of sp³-hybridized carbons (Fsp3) is 0.478. The zero-order valence-corrected chi connectivity index (χ0v) is 18.7. The van der Waals surface area contributed by atoms with Crippen molar-refractivity contribution in [2.75, 3.05) is 6.54 Å². The van der Waals surface area contributed by atoms with E-state index in [-0.39, 0.29) is 24.1 Å². The molecule has 2 atom stereocenters. The summed E-state index contributed by atoms with van der Waals surface area (Å²) in [6.45, 7) is 0.566. The molecule has 0 radical (unpaired) electrons. The molecule has 2 heterocycles. The second-order valence-electron chi connectivity index (χ2n) is 8.08. The molecule has 2 N–H and O–H groups in total. The molecular formula is C23H26F3NO5S. The van der Waals surface area contributed by atoms with E-state index in [9.17, 15) is 27.9 Å². The number of aromatic carboxylic acids is 1. The van der Waals surface area contributed by atoms with Crippen LogP contribution in [0.4, 0.5) is 13.2 Å². The molecule has 6 nitrogen and oxygen atoms in total. The number of halogens is 3. The van der Waals surface area contributed by atoms with Crippen molar-refractivity contribution in [3.8, 4) is 5.75 Å². The molecule has 1 amide bonds. The highest BCUT2D eigenvalue weighted by atomic mass is 32.1. The number of benzene rings is 1. The number of rotatable bonds is 11. The summed E-state index contributed by atoms with van der Waals surface area (Å²) in [6.07, 6.45) is -1.71. The zero-order chi connectivity index (χ0) is 24.0. The van der Waals surface area contributed by atoms with E-state index in [1.54, 1.807) is 18.2 Å². The number of aliphatic hydroxyl groups excluding tert-OH is 1. The third-order valence-electron chi connectivity index (χ3n) is 5.58. The van der Waals surface area contributed by atoms with Gasteiger partial charge in [0.05, 0.1) is 6.10 Å². The first kappa shape index (κ1) is 25.0. The molecule has 1 unspecified atom stereocenters. The Labute approximate surface area is 193 Å². The Morgan fingerprint density at radius 2 is 2.06 bits per heavy atom. The van der Waals surface area contributed by atoms with Gasteiger partial charge in [-0.15, -0.1) is 24.5 Å². The Kier molecular flexibility index (Phi) is 8.36. The van der Waals surface area contributed by atoms with Crippen LogP contribution in [0.25, 0.3) is 0 Å². The van der Waals surface area contributed by atoms with Crippen LogP contribution in [0.15, 0.2) is 36.4 Å². The standard InChI is InChI=1S/C23H26F3NO5S/c24-23(25,26)32-18-4-1-3-15(14-18)13-17(28)8-6-16-7-11-21(29)27(16)12-2-5-19-9-10-20(33-19)22(30)31/h1,3-4,9-10,14,16-17,28H,2,5-8,11-13H2,(H,30,31)/t16-,17?/m0/s1. The molecule has 1 aromatic heterocycles. The first-order chi connectivity index (χ1) is 15.6. The van der Waals surface area contributed by atoms with Gasteiger partial charge in [-0.1, -0.05) is 12.1 Å². The largest absolute Gasteiger partial charge is 0.573 e. The summed E-state index contributed by atoms with van der Waals surface area (Å²) < 4.78 is 41.1. The average Bonchev–Trinajstić information content (AvgIpc) is 3.33. The van der Waals surface area contributed by atoms with E-state index >= 15 is 0 Å². The smallest absolute Gasteiger partial charge is 0.477 e. The molecule has 10 heteroatoms. The van der Waals surface area contributed by atoms with Crippen LogP contribution in [0.5, 0.6) is 5.75 Å². The molecule has 1 aliphatic rings. The third kappa shape index (κ3) is 7.75. The summed E-state index contributed by atoms with van der Waals surface area (Å²) >= 11 is 1.24. The number of alkyl halides is 3. The Morgan fingerprint density at radius 1 is 1.27 bits per heavy atom. The summed E-state index contributed by atoms with van der Waals surface area (Å²) in [5, 5.41) is 19.4. The number of hydrogen-bond acceptors (Lipinski definition) is 5. The summed E-state index contributed by atoms with van der Waals surface area (Å²) in [4.78, 5) is 26.4. The van der Waals surface area contributed by atoms with E-state index in [2.05, 4.69) is 4.74 Å². The van der Waals surface area contributed by atoms with Crippen LogP contribution >= 0.6 is 11.3 Å². The number of likely N-dealkylation sites (tertiary alicyclic amines) is 1. The van der Waals surface area contributed by atoms with Gasteiger partial charge in [0.25, 0.3) is 0 Å². The molecule has 1 aliphatic heterocycles. The molecule has 3 rings (SSSR count). The molecule has 0 spiro atoms. The molecule has 0 aliphatic carbocycles. The van der Waals surface area contributed by atoms with Crippen molar-refractivity contribution in [3.05, 3.63) is 51.7 Å². The number of aliphatic hydroxyl groups is 1. The maximum absolute atomic E-state index is 12.4. The fourth-order valence-corrected chi connectivity index (χ4v) is 4.97. The number of aryl methyl sites for hydroxylation is 1. The summed E-state index contributed by atoms with van der Waals surface area (Å²) in [6, 6.07) is 8.96. The SMILES string of the molecule is O=C(O)c1ccc(CCCN2C(=O)CC[C@@H]2CCC(O)Cc2cccc(OC(F)(F)F)c2)s1. The summed E-state index contributed by atoms with van der Waals surface area (Å²) in [5.74, 6) is -1.19. The monoisotopic (exact) mass is 485 g/mol. The van der Waals surface area contributed by atoms with E-state index in [1.807, 2.05) is 4.90 Å². The minimum atomic E-state index is -4.77. The first-order valence-corrected chi connectivity index (χ1v) is 11.6. The predicted octanol–water partition coefficient (Wildman–Crippen LogP) is 4.65. The highest BCUT2D eigenvalue weighted by Gasteiger charge is 2.32. The molecule has 1 aromatic carbocycles. The highest BCUT2D eigenvalue weighted by molar-refractivity contribution is 7.13.